The first-order valence-electron chi connectivity index (χ1n) is 5.05. The van der Waals surface area contributed by atoms with Crippen molar-refractivity contribution >= 4 is 0 Å². The highest BCUT2D eigenvalue weighted by Crippen LogP contribution is 2.16. The van der Waals surface area contributed by atoms with Gasteiger partial charge in [0.25, 0.3) is 0 Å². The number of rotatable bonds is 6. The summed E-state index contributed by atoms with van der Waals surface area (Å²) in [5.74, 6) is 0.744. The van der Waals surface area contributed by atoms with E-state index in [-0.39, 0.29) is 6.04 Å². The molecule has 0 bridgehead atoms. The summed E-state index contributed by atoms with van der Waals surface area (Å²) in [7, 11) is 0. The van der Waals surface area contributed by atoms with Crippen LogP contribution < -0.4 is 5.73 Å². The Morgan fingerprint density at radius 3 is 2.42 bits per heavy atom. The molecule has 0 aromatic rings. The normalized spacial score (nSPS) is 15.7. The van der Waals surface area contributed by atoms with Crippen molar-refractivity contribution in [2.24, 2.45) is 11.7 Å². The molecule has 0 aliphatic rings. The topological polar surface area (TPSA) is 26.0 Å². The summed E-state index contributed by atoms with van der Waals surface area (Å²) >= 11 is 0. The van der Waals surface area contributed by atoms with Crippen LogP contribution in [0.5, 0.6) is 0 Å². The molecule has 2 N–H and O–H groups in total. The van der Waals surface area contributed by atoms with E-state index in [1.165, 1.54) is 18.4 Å². The monoisotopic (exact) mass is 169 g/mol. The SMILES string of the molecule is C=C(CC)C(N)CC(C)CCC. The first-order chi connectivity index (χ1) is 5.61. The zero-order chi connectivity index (χ0) is 9.56. The Balaban J connectivity index is 3.67. The van der Waals surface area contributed by atoms with Gasteiger partial charge < -0.3 is 5.73 Å². The number of hydrogen-bond acceptors (Lipinski definition) is 1. The van der Waals surface area contributed by atoms with Crippen molar-refractivity contribution in [3.63, 3.8) is 0 Å². The fraction of sp³-hybridized carbons (Fsp3) is 0.818. The van der Waals surface area contributed by atoms with E-state index >= 15 is 0 Å². The molecule has 12 heavy (non-hydrogen) atoms. The van der Waals surface area contributed by atoms with Gasteiger partial charge in [0, 0.05) is 6.04 Å². The van der Waals surface area contributed by atoms with Crippen molar-refractivity contribution in [2.75, 3.05) is 0 Å². The van der Waals surface area contributed by atoms with Crippen LogP contribution in [0.1, 0.15) is 46.5 Å². The van der Waals surface area contributed by atoms with Gasteiger partial charge in [-0.05, 0) is 18.8 Å². The molecule has 1 nitrogen and oxygen atoms in total. The molecule has 0 aliphatic carbocycles. The average molecular weight is 169 g/mol. The summed E-state index contributed by atoms with van der Waals surface area (Å²) in [6.07, 6.45) is 4.65. The molecule has 0 saturated carbocycles. The fourth-order valence-electron chi connectivity index (χ4n) is 1.47. The van der Waals surface area contributed by atoms with Gasteiger partial charge in [-0.2, -0.15) is 0 Å². The molecule has 0 fully saturated rings. The van der Waals surface area contributed by atoms with Crippen LogP contribution in [0.2, 0.25) is 0 Å². The molecule has 1 heteroatoms. The summed E-state index contributed by atoms with van der Waals surface area (Å²) in [5.41, 5.74) is 7.15. The van der Waals surface area contributed by atoms with Gasteiger partial charge in [0.05, 0.1) is 0 Å². The Bertz CT molecular complexity index is 129. The maximum atomic E-state index is 5.96. The van der Waals surface area contributed by atoms with Crippen molar-refractivity contribution in [1.82, 2.24) is 0 Å². The minimum Gasteiger partial charge on any atom is -0.324 e. The minimum absolute atomic E-state index is 0.219. The number of nitrogens with two attached hydrogens (primary N) is 1. The quantitative estimate of drug-likeness (QED) is 0.607. The Kier molecular flexibility index (Phi) is 6.09. The lowest BCUT2D eigenvalue weighted by Gasteiger charge is -2.17. The summed E-state index contributed by atoms with van der Waals surface area (Å²) in [4.78, 5) is 0. The van der Waals surface area contributed by atoms with E-state index in [4.69, 9.17) is 5.73 Å². The van der Waals surface area contributed by atoms with Crippen LogP contribution in [-0.2, 0) is 0 Å². The van der Waals surface area contributed by atoms with E-state index in [1.54, 1.807) is 0 Å². The minimum atomic E-state index is 0.219. The van der Waals surface area contributed by atoms with E-state index in [0.717, 1.165) is 18.8 Å². The summed E-state index contributed by atoms with van der Waals surface area (Å²) < 4.78 is 0. The van der Waals surface area contributed by atoms with Crippen LogP contribution in [0.3, 0.4) is 0 Å². The van der Waals surface area contributed by atoms with Gasteiger partial charge in [-0.25, -0.2) is 0 Å². The second-order valence-corrected chi connectivity index (χ2v) is 3.75. The predicted octanol–water partition coefficient (Wildman–Crippen LogP) is 3.11. The molecular formula is C11H23N. The van der Waals surface area contributed by atoms with Gasteiger partial charge in [-0.3, -0.25) is 0 Å². The molecular weight excluding hydrogens is 146 g/mol. The lowest BCUT2D eigenvalue weighted by molar-refractivity contribution is 0.453. The summed E-state index contributed by atoms with van der Waals surface area (Å²) in [6, 6.07) is 0.219. The third kappa shape index (κ3) is 4.55. The Morgan fingerprint density at radius 2 is 2.00 bits per heavy atom. The zero-order valence-electron chi connectivity index (χ0n) is 8.77. The molecule has 0 rings (SSSR count). The molecule has 72 valence electrons. The Morgan fingerprint density at radius 1 is 1.42 bits per heavy atom. The fourth-order valence-corrected chi connectivity index (χ4v) is 1.47. The molecule has 0 spiro atoms. The number of hydrogen-bond donors (Lipinski definition) is 1. The molecule has 0 amide bonds. The van der Waals surface area contributed by atoms with Crippen molar-refractivity contribution in [3.05, 3.63) is 12.2 Å². The largest absolute Gasteiger partial charge is 0.324 e. The predicted molar refractivity (Wildman–Crippen MR) is 56.1 cm³/mol. The van der Waals surface area contributed by atoms with E-state index in [2.05, 4.69) is 27.4 Å². The highest BCUT2D eigenvalue weighted by atomic mass is 14.6. The van der Waals surface area contributed by atoms with Crippen LogP contribution in [0.25, 0.3) is 0 Å². The molecule has 2 atom stereocenters. The highest BCUT2D eigenvalue weighted by Gasteiger charge is 2.09. The Hall–Kier alpha value is -0.300. The molecule has 0 radical (unpaired) electrons. The summed E-state index contributed by atoms with van der Waals surface area (Å²) in [5, 5.41) is 0. The highest BCUT2D eigenvalue weighted by molar-refractivity contribution is 5.03. The van der Waals surface area contributed by atoms with Crippen molar-refractivity contribution in [2.45, 2.75) is 52.5 Å². The van der Waals surface area contributed by atoms with Crippen molar-refractivity contribution in [3.8, 4) is 0 Å². The van der Waals surface area contributed by atoms with Crippen LogP contribution in [0, 0.1) is 5.92 Å². The third-order valence-corrected chi connectivity index (χ3v) is 2.42. The molecule has 0 aromatic heterocycles. The van der Waals surface area contributed by atoms with E-state index < -0.39 is 0 Å². The maximum Gasteiger partial charge on any atom is 0.0253 e. The van der Waals surface area contributed by atoms with E-state index in [1.807, 2.05) is 0 Å². The van der Waals surface area contributed by atoms with Gasteiger partial charge in [-0.1, -0.05) is 45.8 Å². The summed E-state index contributed by atoms with van der Waals surface area (Å²) in [6.45, 7) is 10.6. The molecule has 0 heterocycles. The van der Waals surface area contributed by atoms with Crippen LogP contribution >= 0.6 is 0 Å². The van der Waals surface area contributed by atoms with Gasteiger partial charge in [-0.15, -0.1) is 0 Å². The first kappa shape index (κ1) is 11.7. The van der Waals surface area contributed by atoms with Gasteiger partial charge in [0.2, 0.25) is 0 Å². The smallest absolute Gasteiger partial charge is 0.0253 e. The van der Waals surface area contributed by atoms with Crippen molar-refractivity contribution < 1.29 is 0 Å². The van der Waals surface area contributed by atoms with E-state index in [0.29, 0.717) is 0 Å². The second kappa shape index (κ2) is 6.24. The van der Waals surface area contributed by atoms with Gasteiger partial charge >= 0.3 is 0 Å². The van der Waals surface area contributed by atoms with Gasteiger partial charge in [0.15, 0.2) is 0 Å². The zero-order valence-corrected chi connectivity index (χ0v) is 8.77. The standard InChI is InChI=1S/C11H23N/c1-5-7-9(3)8-11(12)10(4)6-2/h9,11H,4-8,12H2,1-3H3. The second-order valence-electron chi connectivity index (χ2n) is 3.75. The molecule has 0 aromatic carbocycles. The lowest BCUT2D eigenvalue weighted by atomic mass is 9.93. The Labute approximate surface area is 77.0 Å². The average Bonchev–Trinajstić information content (AvgIpc) is 2.03. The van der Waals surface area contributed by atoms with Crippen LogP contribution in [0.15, 0.2) is 12.2 Å². The molecule has 2 unspecified atom stereocenters. The lowest BCUT2D eigenvalue weighted by Crippen LogP contribution is -2.24. The van der Waals surface area contributed by atoms with Crippen molar-refractivity contribution in [1.29, 1.82) is 0 Å². The van der Waals surface area contributed by atoms with Crippen LogP contribution in [-0.4, -0.2) is 6.04 Å². The third-order valence-electron chi connectivity index (χ3n) is 2.42. The van der Waals surface area contributed by atoms with Gasteiger partial charge in [0.1, 0.15) is 0 Å². The maximum absolute atomic E-state index is 5.96. The molecule has 0 saturated heterocycles. The van der Waals surface area contributed by atoms with E-state index in [9.17, 15) is 0 Å². The van der Waals surface area contributed by atoms with Crippen LogP contribution in [0.4, 0.5) is 0 Å². The molecule has 0 aliphatic heterocycles. The first-order valence-corrected chi connectivity index (χ1v) is 5.05.